The van der Waals surface area contributed by atoms with E-state index in [0.29, 0.717) is 12.3 Å². The summed E-state index contributed by atoms with van der Waals surface area (Å²) in [5, 5.41) is 12.0. The van der Waals surface area contributed by atoms with Gasteiger partial charge in [-0.15, -0.1) is 10.2 Å². The fraction of sp³-hybridized carbons (Fsp3) is 0.269. The third-order valence-corrected chi connectivity index (χ3v) is 6.91. The number of thioether (sulfide) groups is 1. The van der Waals surface area contributed by atoms with Gasteiger partial charge in [0.05, 0.1) is 18.8 Å². The van der Waals surface area contributed by atoms with Gasteiger partial charge in [-0.2, -0.15) is 0 Å². The van der Waals surface area contributed by atoms with E-state index in [9.17, 15) is 4.79 Å². The zero-order valence-electron chi connectivity index (χ0n) is 18.0. The van der Waals surface area contributed by atoms with Crippen LogP contribution >= 0.6 is 11.8 Å². The molecule has 0 atom stereocenters. The average molecular weight is 443 g/mol. The maximum Gasteiger partial charge on any atom is 0.192 e. The molecule has 162 valence electrons. The maximum atomic E-state index is 12.9. The number of benzene rings is 3. The van der Waals surface area contributed by atoms with Crippen LogP contribution in [0.25, 0.3) is 10.8 Å². The summed E-state index contributed by atoms with van der Waals surface area (Å²) in [7, 11) is 0. The van der Waals surface area contributed by atoms with Crippen molar-refractivity contribution in [2.24, 2.45) is 0 Å². The lowest BCUT2D eigenvalue weighted by Crippen LogP contribution is -2.21. The van der Waals surface area contributed by atoms with Crippen LogP contribution in [0.15, 0.2) is 78.0 Å². The number of likely N-dealkylation sites (tertiary alicyclic amines) is 1. The number of carbonyl (C=O) groups is 1. The summed E-state index contributed by atoms with van der Waals surface area (Å²) in [6.45, 7) is 3.74. The molecule has 0 unspecified atom stereocenters. The van der Waals surface area contributed by atoms with Crippen molar-refractivity contribution in [3.8, 4) is 0 Å². The zero-order chi connectivity index (χ0) is 21.8. The number of nitrogens with zero attached hydrogens (tertiary/aromatic N) is 4. The fourth-order valence-electron chi connectivity index (χ4n) is 4.18. The summed E-state index contributed by atoms with van der Waals surface area (Å²) >= 11 is 1.47. The molecule has 6 heteroatoms. The van der Waals surface area contributed by atoms with E-state index in [1.807, 2.05) is 42.5 Å². The van der Waals surface area contributed by atoms with Crippen LogP contribution in [0.5, 0.6) is 0 Å². The molecule has 0 saturated carbocycles. The molecule has 1 aromatic heterocycles. The first-order chi connectivity index (χ1) is 15.8. The van der Waals surface area contributed by atoms with Gasteiger partial charge in [0.25, 0.3) is 0 Å². The van der Waals surface area contributed by atoms with Crippen molar-refractivity contribution >= 4 is 28.3 Å². The largest absolute Gasteiger partial charge is 0.300 e. The SMILES string of the molecule is O=C(CSc1nnc(CN2CCCC2)n1Cc1ccccc1)c1ccc2ccccc2c1. The Hall–Kier alpha value is -2.96. The molecule has 32 heavy (non-hydrogen) atoms. The lowest BCUT2D eigenvalue weighted by molar-refractivity contribution is 0.102. The number of ketones is 1. The Morgan fingerprint density at radius 2 is 1.59 bits per heavy atom. The van der Waals surface area contributed by atoms with Crippen LogP contribution in [-0.4, -0.2) is 44.3 Å². The van der Waals surface area contributed by atoms with Gasteiger partial charge in [-0.05, 0) is 48.3 Å². The Bertz CT molecular complexity index is 1210. The maximum absolute atomic E-state index is 12.9. The van der Waals surface area contributed by atoms with Gasteiger partial charge in [-0.3, -0.25) is 9.69 Å². The fourth-order valence-corrected chi connectivity index (χ4v) is 5.04. The van der Waals surface area contributed by atoms with Crippen molar-refractivity contribution in [2.45, 2.75) is 31.1 Å². The standard InChI is InChI=1S/C26H26N4OS/c31-24(23-13-12-21-10-4-5-11-22(21)16-23)19-32-26-28-27-25(18-29-14-6-7-15-29)30(26)17-20-8-2-1-3-9-20/h1-5,8-13,16H,6-7,14-15,17-19H2. The third kappa shape index (κ3) is 4.76. The Balaban J connectivity index is 1.34. The minimum Gasteiger partial charge on any atom is -0.300 e. The molecule has 1 aliphatic rings. The number of rotatable bonds is 8. The van der Waals surface area contributed by atoms with Crippen molar-refractivity contribution in [3.63, 3.8) is 0 Å². The van der Waals surface area contributed by atoms with Gasteiger partial charge >= 0.3 is 0 Å². The number of Topliss-reactive ketones (excluding diaryl/α,β-unsaturated/α-hetero) is 1. The molecule has 2 heterocycles. The first-order valence-electron chi connectivity index (χ1n) is 11.1. The second kappa shape index (κ2) is 9.67. The Kier molecular flexibility index (Phi) is 6.32. The topological polar surface area (TPSA) is 51.0 Å². The van der Waals surface area contributed by atoms with Gasteiger partial charge in [-0.1, -0.05) is 78.5 Å². The molecule has 0 bridgehead atoms. The molecule has 1 aliphatic heterocycles. The first kappa shape index (κ1) is 20.9. The number of hydrogen-bond acceptors (Lipinski definition) is 5. The van der Waals surface area contributed by atoms with E-state index in [0.717, 1.165) is 47.0 Å². The van der Waals surface area contributed by atoms with Crippen LogP contribution in [0.2, 0.25) is 0 Å². The third-order valence-electron chi connectivity index (χ3n) is 5.94. The second-order valence-electron chi connectivity index (χ2n) is 8.23. The van der Waals surface area contributed by atoms with Crippen LogP contribution < -0.4 is 0 Å². The van der Waals surface area contributed by atoms with Crippen LogP contribution in [0.1, 0.15) is 34.6 Å². The molecule has 0 aliphatic carbocycles. The van der Waals surface area contributed by atoms with Crippen LogP contribution in [0.4, 0.5) is 0 Å². The van der Waals surface area contributed by atoms with Crippen LogP contribution in [0, 0.1) is 0 Å². The van der Waals surface area contributed by atoms with E-state index >= 15 is 0 Å². The summed E-state index contributed by atoms with van der Waals surface area (Å²) in [4.78, 5) is 15.4. The van der Waals surface area contributed by atoms with E-state index in [2.05, 4.69) is 50.0 Å². The summed E-state index contributed by atoms with van der Waals surface area (Å²) in [5.74, 6) is 1.42. The van der Waals surface area contributed by atoms with Crippen molar-refractivity contribution in [2.75, 3.05) is 18.8 Å². The highest BCUT2D eigenvalue weighted by Crippen LogP contribution is 2.23. The molecule has 0 N–H and O–H groups in total. The van der Waals surface area contributed by atoms with Crippen LogP contribution in [0.3, 0.4) is 0 Å². The highest BCUT2D eigenvalue weighted by atomic mass is 32.2. The Morgan fingerprint density at radius 1 is 0.844 bits per heavy atom. The molecule has 4 aromatic rings. The molecule has 5 nitrogen and oxygen atoms in total. The van der Waals surface area contributed by atoms with Crippen LogP contribution in [-0.2, 0) is 13.1 Å². The zero-order valence-corrected chi connectivity index (χ0v) is 18.8. The summed E-state index contributed by atoms with van der Waals surface area (Å²) in [6, 6.07) is 24.4. The average Bonchev–Trinajstić information content (AvgIpc) is 3.48. The summed E-state index contributed by atoms with van der Waals surface area (Å²) in [6.07, 6.45) is 2.49. The number of aromatic nitrogens is 3. The minimum absolute atomic E-state index is 0.108. The quantitative estimate of drug-likeness (QED) is 0.282. The Morgan fingerprint density at radius 3 is 2.41 bits per heavy atom. The van der Waals surface area contributed by atoms with Crippen molar-refractivity contribution in [1.29, 1.82) is 0 Å². The van der Waals surface area contributed by atoms with E-state index in [-0.39, 0.29) is 5.78 Å². The molecule has 5 rings (SSSR count). The van der Waals surface area contributed by atoms with E-state index in [4.69, 9.17) is 0 Å². The summed E-state index contributed by atoms with van der Waals surface area (Å²) in [5.41, 5.74) is 1.94. The van der Waals surface area contributed by atoms with Gasteiger partial charge in [0, 0.05) is 5.56 Å². The molecule has 0 radical (unpaired) electrons. The lowest BCUT2D eigenvalue weighted by atomic mass is 10.1. The molecule has 3 aromatic carbocycles. The first-order valence-corrected chi connectivity index (χ1v) is 12.1. The molecular formula is C26H26N4OS. The highest BCUT2D eigenvalue weighted by Gasteiger charge is 2.19. The molecule has 0 spiro atoms. The molecular weight excluding hydrogens is 416 g/mol. The lowest BCUT2D eigenvalue weighted by Gasteiger charge is -2.16. The van der Waals surface area contributed by atoms with Crippen molar-refractivity contribution in [3.05, 3.63) is 89.7 Å². The van der Waals surface area contributed by atoms with Gasteiger partial charge in [-0.25, -0.2) is 0 Å². The number of hydrogen-bond donors (Lipinski definition) is 0. The normalized spacial score (nSPS) is 14.2. The van der Waals surface area contributed by atoms with Gasteiger partial charge in [0.15, 0.2) is 10.9 Å². The minimum atomic E-state index is 0.108. The second-order valence-corrected chi connectivity index (χ2v) is 9.17. The van der Waals surface area contributed by atoms with Crippen molar-refractivity contribution < 1.29 is 4.79 Å². The molecule has 1 saturated heterocycles. The van der Waals surface area contributed by atoms with Gasteiger partial charge in [0.1, 0.15) is 5.82 Å². The van der Waals surface area contributed by atoms with E-state index < -0.39 is 0 Å². The number of fused-ring (bicyclic) bond motifs is 1. The predicted molar refractivity (Wildman–Crippen MR) is 129 cm³/mol. The smallest absolute Gasteiger partial charge is 0.192 e. The number of carbonyl (C=O) groups excluding carboxylic acids is 1. The Labute approximate surface area is 192 Å². The summed E-state index contributed by atoms with van der Waals surface area (Å²) < 4.78 is 2.17. The van der Waals surface area contributed by atoms with E-state index in [1.165, 1.54) is 30.2 Å². The van der Waals surface area contributed by atoms with Crippen molar-refractivity contribution in [1.82, 2.24) is 19.7 Å². The molecule has 1 fully saturated rings. The van der Waals surface area contributed by atoms with E-state index in [1.54, 1.807) is 0 Å². The van der Waals surface area contributed by atoms with Gasteiger partial charge < -0.3 is 4.57 Å². The van der Waals surface area contributed by atoms with Gasteiger partial charge in [0.2, 0.25) is 0 Å². The predicted octanol–water partition coefficient (Wildman–Crippen LogP) is 5.05. The molecule has 0 amide bonds. The highest BCUT2D eigenvalue weighted by molar-refractivity contribution is 7.99. The monoisotopic (exact) mass is 442 g/mol.